The smallest absolute Gasteiger partial charge is 0.227 e. The number of anilines is 1. The summed E-state index contributed by atoms with van der Waals surface area (Å²) in [5.74, 6) is 0.553. The lowest BCUT2D eigenvalue weighted by Gasteiger charge is -2.27. The van der Waals surface area contributed by atoms with Crippen LogP contribution in [0.5, 0.6) is 5.75 Å². The van der Waals surface area contributed by atoms with E-state index in [-0.39, 0.29) is 11.7 Å². The molecule has 0 radical (unpaired) electrons. The number of carbonyl (C=O) groups excluding carboxylic acids is 1. The summed E-state index contributed by atoms with van der Waals surface area (Å²) in [5, 5.41) is 1.18. The number of ether oxygens (including phenoxy) is 1. The molecular weight excluding hydrogens is 290 g/mol. The van der Waals surface area contributed by atoms with Crippen molar-refractivity contribution in [3.05, 3.63) is 35.7 Å². The Hall–Kier alpha value is -1.82. The molecule has 0 spiro atoms. The van der Waals surface area contributed by atoms with E-state index in [1.54, 1.807) is 37.3 Å². The minimum absolute atomic E-state index is 0.0635. The lowest BCUT2D eigenvalue weighted by molar-refractivity contribution is -0.118. The normalized spacial score (nSPS) is 19.4. The Morgan fingerprint density at radius 2 is 1.95 bits per heavy atom. The van der Waals surface area contributed by atoms with E-state index in [9.17, 15) is 13.2 Å². The van der Waals surface area contributed by atoms with Gasteiger partial charge in [0.25, 0.3) is 0 Å². The molecule has 1 aromatic rings. The zero-order valence-corrected chi connectivity index (χ0v) is 13.0. The fourth-order valence-corrected chi connectivity index (χ4v) is 3.55. The third-order valence-corrected chi connectivity index (χ3v) is 4.62. The maximum absolute atomic E-state index is 12.2. The van der Waals surface area contributed by atoms with E-state index in [4.69, 9.17) is 4.74 Å². The van der Waals surface area contributed by atoms with Crippen molar-refractivity contribution in [2.75, 3.05) is 17.3 Å². The first-order valence-electron chi connectivity index (χ1n) is 6.92. The molecule has 0 aliphatic carbocycles. The summed E-state index contributed by atoms with van der Waals surface area (Å²) >= 11 is 0. The Kier molecular flexibility index (Phi) is 4.67. The van der Waals surface area contributed by atoms with Gasteiger partial charge in [0.2, 0.25) is 5.91 Å². The van der Waals surface area contributed by atoms with Crippen molar-refractivity contribution in [2.45, 2.75) is 26.3 Å². The third-order valence-electron chi connectivity index (χ3n) is 3.24. The van der Waals surface area contributed by atoms with E-state index in [0.29, 0.717) is 18.7 Å². The number of rotatable bonds is 5. The van der Waals surface area contributed by atoms with Gasteiger partial charge in [0, 0.05) is 17.5 Å². The van der Waals surface area contributed by atoms with Crippen LogP contribution in [0.1, 0.15) is 20.3 Å². The Morgan fingerprint density at radius 1 is 1.29 bits per heavy atom. The molecule has 1 amide bonds. The molecule has 0 bridgehead atoms. The van der Waals surface area contributed by atoms with Gasteiger partial charge in [-0.3, -0.25) is 4.79 Å². The van der Waals surface area contributed by atoms with Gasteiger partial charge in [-0.15, -0.1) is 0 Å². The standard InChI is InChI=1S/C15H19NO4S/c1-3-15(17)16(13-9-10-21(18,19)11-13)12-5-7-14(8-6-12)20-4-2/h5-10,13H,3-4,11H2,1-2H3/t13-/m0/s1. The van der Waals surface area contributed by atoms with Gasteiger partial charge in [-0.1, -0.05) is 6.92 Å². The monoisotopic (exact) mass is 309 g/mol. The van der Waals surface area contributed by atoms with Gasteiger partial charge in [-0.25, -0.2) is 8.42 Å². The number of sulfone groups is 1. The van der Waals surface area contributed by atoms with Gasteiger partial charge in [-0.2, -0.15) is 0 Å². The summed E-state index contributed by atoms with van der Waals surface area (Å²) in [4.78, 5) is 13.7. The average Bonchev–Trinajstić information content (AvgIpc) is 2.81. The number of nitrogens with zero attached hydrogens (tertiary/aromatic N) is 1. The largest absolute Gasteiger partial charge is 0.494 e. The third kappa shape index (κ3) is 3.64. The highest BCUT2D eigenvalue weighted by Crippen LogP contribution is 2.25. The van der Waals surface area contributed by atoms with Crippen molar-refractivity contribution >= 4 is 21.4 Å². The fraction of sp³-hybridized carbons (Fsp3) is 0.400. The topological polar surface area (TPSA) is 63.7 Å². The zero-order valence-electron chi connectivity index (χ0n) is 12.2. The van der Waals surface area contributed by atoms with Crippen LogP contribution in [0, 0.1) is 0 Å². The summed E-state index contributed by atoms with van der Waals surface area (Å²) < 4.78 is 28.5. The molecule has 1 aromatic carbocycles. The molecule has 0 fully saturated rings. The molecule has 1 atom stereocenters. The quantitative estimate of drug-likeness (QED) is 0.836. The minimum Gasteiger partial charge on any atom is -0.494 e. The molecule has 5 nitrogen and oxygen atoms in total. The summed E-state index contributed by atoms with van der Waals surface area (Å²) in [6.07, 6.45) is 1.89. The van der Waals surface area contributed by atoms with Crippen LogP contribution in [0.3, 0.4) is 0 Å². The van der Waals surface area contributed by atoms with Crippen molar-refractivity contribution in [3.8, 4) is 5.75 Å². The predicted octanol–water partition coefficient (Wildman–Crippen LogP) is 2.14. The summed E-state index contributed by atoms with van der Waals surface area (Å²) in [6, 6.07) is 6.67. The van der Waals surface area contributed by atoms with Gasteiger partial charge in [0.1, 0.15) is 5.75 Å². The van der Waals surface area contributed by atoms with Crippen LogP contribution in [0.2, 0.25) is 0 Å². The Morgan fingerprint density at radius 3 is 2.43 bits per heavy atom. The molecule has 1 heterocycles. The first-order valence-corrected chi connectivity index (χ1v) is 8.64. The van der Waals surface area contributed by atoms with Gasteiger partial charge in [0.05, 0.1) is 18.4 Å². The molecule has 0 aromatic heterocycles. The van der Waals surface area contributed by atoms with E-state index in [1.807, 2.05) is 6.92 Å². The van der Waals surface area contributed by atoms with Crippen LogP contribution in [0.25, 0.3) is 0 Å². The maximum atomic E-state index is 12.2. The molecule has 0 N–H and O–H groups in total. The fourth-order valence-electron chi connectivity index (χ4n) is 2.28. The molecule has 2 rings (SSSR count). The SMILES string of the molecule is CCOc1ccc(N(C(=O)CC)[C@H]2C=CS(=O)(=O)C2)cc1. The van der Waals surface area contributed by atoms with Crippen molar-refractivity contribution in [1.29, 1.82) is 0 Å². The second-order valence-corrected chi connectivity index (χ2v) is 6.70. The summed E-state index contributed by atoms with van der Waals surface area (Å²) in [5.41, 5.74) is 0.678. The molecule has 0 saturated heterocycles. The first-order chi connectivity index (χ1) is 9.96. The number of carbonyl (C=O) groups is 1. The van der Waals surface area contributed by atoms with Gasteiger partial charge in [-0.05, 0) is 37.3 Å². The molecule has 114 valence electrons. The van der Waals surface area contributed by atoms with Crippen LogP contribution in [0.4, 0.5) is 5.69 Å². The molecule has 1 aliphatic heterocycles. The number of hydrogen-bond donors (Lipinski definition) is 0. The number of hydrogen-bond acceptors (Lipinski definition) is 4. The Balaban J connectivity index is 2.28. The molecule has 6 heteroatoms. The summed E-state index contributed by atoms with van der Waals surface area (Å²) in [6.45, 7) is 4.23. The van der Waals surface area contributed by atoms with Crippen molar-refractivity contribution < 1.29 is 17.9 Å². The summed E-state index contributed by atoms with van der Waals surface area (Å²) in [7, 11) is -3.21. The van der Waals surface area contributed by atoms with Gasteiger partial charge in [0.15, 0.2) is 9.84 Å². The predicted molar refractivity (Wildman–Crippen MR) is 82.1 cm³/mol. The Bertz CT molecular complexity index is 634. The number of amides is 1. The molecule has 0 unspecified atom stereocenters. The van der Waals surface area contributed by atoms with E-state index in [1.165, 1.54) is 10.3 Å². The highest BCUT2D eigenvalue weighted by molar-refractivity contribution is 7.94. The second kappa shape index (κ2) is 6.30. The van der Waals surface area contributed by atoms with Crippen molar-refractivity contribution in [2.24, 2.45) is 0 Å². The highest BCUT2D eigenvalue weighted by Gasteiger charge is 2.30. The van der Waals surface area contributed by atoms with Crippen LogP contribution in [-0.2, 0) is 14.6 Å². The van der Waals surface area contributed by atoms with Crippen LogP contribution in [-0.4, -0.2) is 32.7 Å². The van der Waals surface area contributed by atoms with Crippen LogP contribution >= 0.6 is 0 Å². The maximum Gasteiger partial charge on any atom is 0.227 e. The Labute approximate surface area is 125 Å². The van der Waals surface area contributed by atoms with Crippen LogP contribution in [0.15, 0.2) is 35.7 Å². The molecule has 21 heavy (non-hydrogen) atoms. The minimum atomic E-state index is -3.21. The van der Waals surface area contributed by atoms with E-state index < -0.39 is 15.9 Å². The average molecular weight is 309 g/mol. The van der Waals surface area contributed by atoms with E-state index in [2.05, 4.69) is 0 Å². The molecule has 1 aliphatic rings. The van der Waals surface area contributed by atoms with E-state index >= 15 is 0 Å². The molecular formula is C15H19NO4S. The number of benzene rings is 1. The van der Waals surface area contributed by atoms with E-state index in [0.717, 1.165) is 5.75 Å². The molecule has 0 saturated carbocycles. The van der Waals surface area contributed by atoms with Gasteiger partial charge >= 0.3 is 0 Å². The first kappa shape index (κ1) is 15.6. The lowest BCUT2D eigenvalue weighted by atomic mass is 10.2. The highest BCUT2D eigenvalue weighted by atomic mass is 32.2. The van der Waals surface area contributed by atoms with Crippen molar-refractivity contribution in [3.63, 3.8) is 0 Å². The second-order valence-electron chi connectivity index (χ2n) is 4.77. The van der Waals surface area contributed by atoms with Crippen LogP contribution < -0.4 is 9.64 Å². The zero-order chi connectivity index (χ0) is 15.5. The van der Waals surface area contributed by atoms with Gasteiger partial charge < -0.3 is 9.64 Å². The van der Waals surface area contributed by atoms with Crippen molar-refractivity contribution in [1.82, 2.24) is 0 Å². The lowest BCUT2D eigenvalue weighted by Crippen LogP contribution is -2.40.